The number of aryl methyl sites for hydroxylation is 2. The molecular weight excluding hydrogens is 576 g/mol. The van der Waals surface area contributed by atoms with Gasteiger partial charge in [0.25, 0.3) is 0 Å². The predicted octanol–water partition coefficient (Wildman–Crippen LogP) is 5.07. The van der Waals surface area contributed by atoms with Crippen LogP contribution >= 0.6 is 0 Å². The van der Waals surface area contributed by atoms with Gasteiger partial charge in [-0.1, -0.05) is 13.8 Å². The first-order valence-electron chi connectivity index (χ1n) is 13.6. The van der Waals surface area contributed by atoms with Crippen LogP contribution in [0.5, 0.6) is 23.0 Å². The smallest absolute Gasteiger partial charge is 0.456 e. The molecule has 0 aliphatic carbocycles. The van der Waals surface area contributed by atoms with Crippen molar-refractivity contribution in [3.8, 4) is 23.0 Å². The average Bonchev–Trinajstić information content (AvgIpc) is 3.23. The maximum atomic E-state index is 13.4. The molecule has 0 amide bonds. The van der Waals surface area contributed by atoms with E-state index in [9.17, 15) is 28.8 Å². The van der Waals surface area contributed by atoms with Gasteiger partial charge in [-0.2, -0.15) is 0 Å². The van der Waals surface area contributed by atoms with Crippen LogP contribution in [0.15, 0.2) is 42.5 Å². The van der Waals surface area contributed by atoms with Gasteiger partial charge in [0.1, 0.15) is 23.0 Å². The van der Waals surface area contributed by atoms with Crippen LogP contribution in [0.4, 0.5) is 4.79 Å². The first-order valence-corrected chi connectivity index (χ1v) is 13.6. The molecular formula is C32H26O12. The van der Waals surface area contributed by atoms with E-state index in [4.69, 9.17) is 18.9 Å². The second-order valence-corrected chi connectivity index (χ2v) is 9.97. The molecule has 0 saturated carbocycles. The van der Waals surface area contributed by atoms with Crippen molar-refractivity contribution >= 4 is 36.0 Å². The monoisotopic (exact) mass is 602 g/mol. The highest BCUT2D eigenvalue weighted by Gasteiger charge is 2.54. The van der Waals surface area contributed by atoms with E-state index < -0.39 is 41.6 Å². The Morgan fingerprint density at radius 2 is 1.25 bits per heavy atom. The fourth-order valence-corrected chi connectivity index (χ4v) is 5.31. The van der Waals surface area contributed by atoms with Crippen LogP contribution in [0.1, 0.15) is 83.2 Å². The van der Waals surface area contributed by atoms with E-state index in [1.807, 2.05) is 13.8 Å². The molecule has 0 saturated heterocycles. The van der Waals surface area contributed by atoms with Crippen LogP contribution in [0.3, 0.4) is 0 Å². The third kappa shape index (κ3) is 5.14. The highest BCUT2D eigenvalue weighted by Crippen LogP contribution is 2.58. The number of carbonyl (C=O) groups is 6. The lowest BCUT2D eigenvalue weighted by atomic mass is 9.76. The van der Waals surface area contributed by atoms with Crippen molar-refractivity contribution < 1.29 is 57.2 Å². The number of rotatable bonds is 5. The van der Waals surface area contributed by atoms with Crippen LogP contribution in [-0.4, -0.2) is 36.0 Å². The summed E-state index contributed by atoms with van der Waals surface area (Å²) in [6.07, 6.45) is -0.658. The van der Waals surface area contributed by atoms with E-state index in [2.05, 4.69) is 9.47 Å². The lowest BCUT2D eigenvalue weighted by Crippen LogP contribution is -2.33. The summed E-state index contributed by atoms with van der Waals surface area (Å²) in [4.78, 5) is 73.1. The molecule has 0 unspecified atom stereocenters. The lowest BCUT2D eigenvalue weighted by Gasteiger charge is -2.37. The molecule has 1 spiro atoms. The Balaban J connectivity index is 1.78. The molecule has 0 atom stereocenters. The largest absolute Gasteiger partial charge is 0.524 e. The molecule has 0 aromatic heterocycles. The Labute approximate surface area is 250 Å². The number of fused-ring (bicyclic) bond motifs is 6. The zero-order valence-electron chi connectivity index (χ0n) is 24.4. The highest BCUT2D eigenvalue weighted by atomic mass is 16.8. The number of benzene rings is 3. The molecule has 3 aromatic rings. The van der Waals surface area contributed by atoms with Gasteiger partial charge in [-0.25, -0.2) is 14.4 Å². The standard InChI is InChI=1S/C32H26O12/c1-6-18-10-23-27(13-25(18)39-15(3)33)42-28-14-26(40-16(4)34)19(7-2)11-24(28)32(23)22-12-20(8-9-21(22)30(37)44-32)29(36)43-31(38)41-17(5)35/h8-14H,6-7H2,1-5H3. The molecule has 2 aliphatic heterocycles. The Kier molecular flexibility index (Phi) is 7.68. The van der Waals surface area contributed by atoms with Crippen LogP contribution in [0.25, 0.3) is 0 Å². The van der Waals surface area contributed by atoms with E-state index in [0.717, 1.165) is 6.92 Å². The summed E-state index contributed by atoms with van der Waals surface area (Å²) in [5.41, 5.74) is 0.457. The van der Waals surface area contributed by atoms with Crippen molar-refractivity contribution in [1.29, 1.82) is 0 Å². The molecule has 2 heterocycles. The van der Waals surface area contributed by atoms with E-state index in [1.165, 1.54) is 44.2 Å². The summed E-state index contributed by atoms with van der Waals surface area (Å²) >= 11 is 0. The Morgan fingerprint density at radius 3 is 1.73 bits per heavy atom. The van der Waals surface area contributed by atoms with Crippen LogP contribution < -0.4 is 14.2 Å². The average molecular weight is 603 g/mol. The van der Waals surface area contributed by atoms with Gasteiger partial charge in [0.05, 0.1) is 11.1 Å². The zero-order valence-corrected chi connectivity index (χ0v) is 24.4. The van der Waals surface area contributed by atoms with E-state index >= 15 is 0 Å². The molecule has 0 bridgehead atoms. The lowest BCUT2D eigenvalue weighted by molar-refractivity contribution is -0.136. The number of hydrogen-bond acceptors (Lipinski definition) is 12. The minimum atomic E-state index is -1.69. The SMILES string of the molecule is CCc1cc2c(cc1OC(C)=O)Oc1cc(OC(C)=O)c(CC)cc1C21OC(=O)c2ccc(C(=O)OC(=O)OC(C)=O)cc21. The van der Waals surface area contributed by atoms with Gasteiger partial charge in [0.2, 0.25) is 0 Å². The van der Waals surface area contributed by atoms with Gasteiger partial charge in [-0.3, -0.25) is 14.4 Å². The number of carbonyl (C=O) groups excluding carboxylic acids is 6. The van der Waals surface area contributed by atoms with Crippen LogP contribution in [0, 0.1) is 0 Å². The maximum Gasteiger partial charge on any atom is 0.524 e. The van der Waals surface area contributed by atoms with Crippen molar-refractivity contribution in [2.24, 2.45) is 0 Å². The second kappa shape index (κ2) is 11.3. The van der Waals surface area contributed by atoms with E-state index in [0.29, 0.717) is 35.1 Å². The molecule has 2 aliphatic rings. The molecule has 44 heavy (non-hydrogen) atoms. The maximum absolute atomic E-state index is 13.4. The Hall–Kier alpha value is -5.52. The van der Waals surface area contributed by atoms with Crippen molar-refractivity contribution in [3.05, 3.63) is 81.4 Å². The molecule has 0 N–H and O–H groups in total. The molecule has 226 valence electrons. The van der Waals surface area contributed by atoms with E-state index in [1.54, 1.807) is 12.1 Å². The first-order chi connectivity index (χ1) is 20.9. The fraction of sp³-hybridized carbons (Fsp3) is 0.250. The first kappa shape index (κ1) is 30.0. The summed E-state index contributed by atoms with van der Waals surface area (Å²) in [5, 5.41) is 0. The molecule has 12 nitrogen and oxygen atoms in total. The summed E-state index contributed by atoms with van der Waals surface area (Å²) in [6.45, 7) is 7.19. The van der Waals surface area contributed by atoms with Gasteiger partial charge in [-0.05, 0) is 54.3 Å². The Morgan fingerprint density at radius 1 is 0.705 bits per heavy atom. The molecule has 3 aromatic carbocycles. The van der Waals surface area contributed by atoms with Crippen LogP contribution in [0.2, 0.25) is 0 Å². The minimum Gasteiger partial charge on any atom is -0.456 e. The number of hydrogen-bond donors (Lipinski definition) is 0. The van der Waals surface area contributed by atoms with Gasteiger partial charge in [-0.15, -0.1) is 0 Å². The fourth-order valence-electron chi connectivity index (χ4n) is 5.31. The van der Waals surface area contributed by atoms with Gasteiger partial charge < -0.3 is 28.4 Å². The minimum absolute atomic E-state index is 0.121. The third-order valence-corrected chi connectivity index (χ3v) is 7.08. The van der Waals surface area contributed by atoms with Gasteiger partial charge in [0.15, 0.2) is 5.60 Å². The summed E-state index contributed by atoms with van der Waals surface area (Å²) < 4.78 is 32.3. The topological polar surface area (TPSA) is 158 Å². The molecule has 12 heteroatoms. The normalized spacial score (nSPS) is 13.4. The molecule has 5 rings (SSSR count). The molecule has 0 fully saturated rings. The predicted molar refractivity (Wildman–Crippen MR) is 149 cm³/mol. The van der Waals surface area contributed by atoms with Crippen molar-refractivity contribution in [2.45, 2.75) is 53.1 Å². The van der Waals surface area contributed by atoms with Crippen molar-refractivity contribution in [2.75, 3.05) is 0 Å². The quantitative estimate of drug-likeness (QED) is 0.217. The summed E-state index contributed by atoms with van der Waals surface area (Å²) in [6, 6.07) is 10.4. The summed E-state index contributed by atoms with van der Waals surface area (Å²) in [7, 11) is 0. The highest BCUT2D eigenvalue weighted by molar-refractivity contribution is 6.01. The van der Waals surface area contributed by atoms with Crippen molar-refractivity contribution in [3.63, 3.8) is 0 Å². The molecule has 0 radical (unpaired) electrons. The Bertz CT molecular complexity index is 1710. The number of ether oxygens (including phenoxy) is 6. The third-order valence-electron chi connectivity index (χ3n) is 7.08. The van der Waals surface area contributed by atoms with Gasteiger partial charge >= 0.3 is 36.0 Å². The van der Waals surface area contributed by atoms with Crippen LogP contribution in [-0.2, 0) is 47.0 Å². The zero-order chi connectivity index (χ0) is 31.9. The summed E-state index contributed by atoms with van der Waals surface area (Å²) in [5.74, 6) is -3.13. The van der Waals surface area contributed by atoms with Gasteiger partial charge in [0, 0.05) is 49.6 Å². The van der Waals surface area contributed by atoms with E-state index in [-0.39, 0.29) is 39.7 Å². The second-order valence-electron chi connectivity index (χ2n) is 9.97. The number of esters is 5. The van der Waals surface area contributed by atoms with Crippen molar-refractivity contribution in [1.82, 2.24) is 0 Å².